The molecular formula is C28H36O4. The van der Waals surface area contributed by atoms with Crippen molar-refractivity contribution in [2.45, 2.75) is 84.8 Å². The van der Waals surface area contributed by atoms with Gasteiger partial charge in [-0.2, -0.15) is 0 Å². The lowest BCUT2D eigenvalue weighted by atomic mass is 9.49. The Morgan fingerprint density at radius 3 is 2.69 bits per heavy atom. The topological polar surface area (TPSA) is 63.6 Å². The van der Waals surface area contributed by atoms with Crippen molar-refractivity contribution in [1.82, 2.24) is 0 Å². The summed E-state index contributed by atoms with van der Waals surface area (Å²) in [5, 5.41) is 9.51. The van der Waals surface area contributed by atoms with Gasteiger partial charge in [-0.1, -0.05) is 43.9 Å². The molecule has 0 spiro atoms. The maximum absolute atomic E-state index is 13.2. The van der Waals surface area contributed by atoms with E-state index in [1.807, 2.05) is 24.3 Å². The molecule has 0 aliphatic heterocycles. The molecule has 4 rings (SSSR count). The summed E-state index contributed by atoms with van der Waals surface area (Å²) in [5.74, 6) is 8.15. The molecule has 3 aliphatic rings. The third-order valence-electron chi connectivity index (χ3n) is 9.00. The molecular weight excluding hydrogens is 400 g/mol. The number of ether oxygens (including phenoxy) is 1. The SMILES string of the molecule is CC(=O)O[C@H]1CC[C@H]2[C@@H]3CCC(=O)[C@](C)(CCC#Cc4ccccc4CO)[C@H]3CC[C@]12C. The molecule has 4 nitrogen and oxygen atoms in total. The van der Waals surface area contributed by atoms with Gasteiger partial charge in [0.15, 0.2) is 0 Å². The molecule has 3 aliphatic carbocycles. The zero-order chi connectivity index (χ0) is 22.9. The van der Waals surface area contributed by atoms with Gasteiger partial charge in [-0.25, -0.2) is 0 Å². The van der Waals surface area contributed by atoms with Crippen LogP contribution in [-0.4, -0.2) is 23.0 Å². The van der Waals surface area contributed by atoms with Gasteiger partial charge in [0, 0.05) is 36.2 Å². The fourth-order valence-electron chi connectivity index (χ4n) is 7.20. The zero-order valence-corrected chi connectivity index (χ0v) is 19.7. The third-order valence-corrected chi connectivity index (χ3v) is 9.00. The highest BCUT2D eigenvalue weighted by molar-refractivity contribution is 5.85. The van der Waals surface area contributed by atoms with E-state index in [2.05, 4.69) is 25.7 Å². The highest BCUT2D eigenvalue weighted by Gasteiger charge is 2.60. The summed E-state index contributed by atoms with van der Waals surface area (Å²) in [6, 6.07) is 7.67. The van der Waals surface area contributed by atoms with Gasteiger partial charge in [0.05, 0.1) is 6.61 Å². The van der Waals surface area contributed by atoms with Crippen molar-refractivity contribution in [1.29, 1.82) is 0 Å². The number of carbonyl (C=O) groups is 2. The van der Waals surface area contributed by atoms with Crippen molar-refractivity contribution >= 4 is 11.8 Å². The molecule has 6 atom stereocenters. The van der Waals surface area contributed by atoms with Gasteiger partial charge in [-0.05, 0) is 67.9 Å². The van der Waals surface area contributed by atoms with E-state index in [1.165, 1.54) is 6.92 Å². The molecule has 1 aromatic carbocycles. The first-order valence-electron chi connectivity index (χ1n) is 12.2. The minimum atomic E-state index is -0.324. The number of Topliss-reactive ketones (excluding diaryl/α,β-unsaturated/α-hetero) is 1. The highest BCUT2D eigenvalue weighted by atomic mass is 16.5. The Morgan fingerprint density at radius 2 is 1.94 bits per heavy atom. The number of rotatable bonds is 4. The van der Waals surface area contributed by atoms with E-state index in [0.29, 0.717) is 36.4 Å². The Hall–Kier alpha value is -2.12. The second-order valence-corrected chi connectivity index (χ2v) is 10.6. The Labute approximate surface area is 192 Å². The average Bonchev–Trinajstić information content (AvgIpc) is 3.10. The van der Waals surface area contributed by atoms with Gasteiger partial charge in [-0.15, -0.1) is 0 Å². The first kappa shape index (κ1) is 23.1. The number of ketones is 1. The van der Waals surface area contributed by atoms with E-state index in [4.69, 9.17) is 4.74 Å². The molecule has 3 fully saturated rings. The molecule has 1 aromatic rings. The third kappa shape index (κ3) is 4.01. The Kier molecular flexibility index (Phi) is 6.50. The summed E-state index contributed by atoms with van der Waals surface area (Å²) in [5.41, 5.74) is 1.43. The van der Waals surface area contributed by atoms with Crippen LogP contribution in [0.2, 0.25) is 0 Å². The minimum absolute atomic E-state index is 0.0146. The molecule has 1 N–H and O–H groups in total. The summed E-state index contributed by atoms with van der Waals surface area (Å²) in [6.07, 6.45) is 7.22. The lowest BCUT2D eigenvalue weighted by Gasteiger charge is -2.55. The van der Waals surface area contributed by atoms with Gasteiger partial charge >= 0.3 is 5.97 Å². The maximum Gasteiger partial charge on any atom is 0.302 e. The van der Waals surface area contributed by atoms with E-state index in [9.17, 15) is 14.7 Å². The fraction of sp³-hybridized carbons (Fsp3) is 0.643. The quantitative estimate of drug-likeness (QED) is 0.530. The first-order valence-corrected chi connectivity index (χ1v) is 12.2. The highest BCUT2D eigenvalue weighted by Crippen LogP contribution is 2.63. The Bertz CT molecular complexity index is 940. The molecule has 0 radical (unpaired) electrons. The van der Waals surface area contributed by atoms with Crippen LogP contribution in [0.4, 0.5) is 0 Å². The summed E-state index contributed by atoms with van der Waals surface area (Å²) in [6.45, 7) is 5.99. The van der Waals surface area contributed by atoms with Crippen LogP contribution in [0.3, 0.4) is 0 Å². The molecule has 3 saturated carbocycles. The number of fused-ring (bicyclic) bond motifs is 3. The van der Waals surface area contributed by atoms with Crippen LogP contribution in [0.5, 0.6) is 0 Å². The summed E-state index contributed by atoms with van der Waals surface area (Å²) in [7, 11) is 0. The van der Waals surface area contributed by atoms with E-state index in [0.717, 1.165) is 49.7 Å². The van der Waals surface area contributed by atoms with Crippen molar-refractivity contribution in [3.8, 4) is 11.8 Å². The van der Waals surface area contributed by atoms with Crippen LogP contribution >= 0.6 is 0 Å². The number of hydrogen-bond donors (Lipinski definition) is 1. The Morgan fingerprint density at radius 1 is 1.16 bits per heavy atom. The maximum atomic E-state index is 13.2. The van der Waals surface area contributed by atoms with Gasteiger partial charge in [-0.3, -0.25) is 9.59 Å². The van der Waals surface area contributed by atoms with Gasteiger partial charge in [0.1, 0.15) is 11.9 Å². The molecule has 32 heavy (non-hydrogen) atoms. The second-order valence-electron chi connectivity index (χ2n) is 10.6. The normalized spacial score (nSPS) is 35.9. The molecule has 172 valence electrons. The van der Waals surface area contributed by atoms with Crippen LogP contribution < -0.4 is 0 Å². The molecule has 4 heteroatoms. The number of esters is 1. The first-order chi connectivity index (χ1) is 15.3. The summed E-state index contributed by atoms with van der Waals surface area (Å²) >= 11 is 0. The number of benzene rings is 1. The predicted octanol–water partition coefficient (Wildman–Crippen LogP) is 5.05. The van der Waals surface area contributed by atoms with Crippen molar-refractivity contribution in [3.63, 3.8) is 0 Å². The predicted molar refractivity (Wildman–Crippen MR) is 123 cm³/mol. The molecule has 0 aromatic heterocycles. The van der Waals surface area contributed by atoms with E-state index in [1.54, 1.807) is 0 Å². The monoisotopic (exact) mass is 436 g/mol. The average molecular weight is 437 g/mol. The number of aliphatic hydroxyl groups is 1. The Balaban J connectivity index is 1.49. The van der Waals surface area contributed by atoms with Gasteiger partial charge in [0.25, 0.3) is 0 Å². The van der Waals surface area contributed by atoms with Crippen LogP contribution in [0.15, 0.2) is 24.3 Å². The molecule has 0 bridgehead atoms. The van der Waals surface area contributed by atoms with Crippen molar-refractivity contribution in [3.05, 3.63) is 35.4 Å². The number of hydrogen-bond acceptors (Lipinski definition) is 4. The van der Waals surface area contributed by atoms with E-state index < -0.39 is 0 Å². The standard InChI is InChI=1S/C28H36O4/c1-19(30)32-26-14-12-23-22-11-13-25(31)27(2,24(22)15-17-28(23,26)3)16-7-6-9-20-8-4-5-10-21(20)18-29/h4-5,8,10,22-24,26,29H,7,11-18H2,1-3H3/t22-,23-,24-,26-,27+,28-/m0/s1. The lowest BCUT2D eigenvalue weighted by molar-refractivity contribution is -0.160. The fourth-order valence-corrected chi connectivity index (χ4v) is 7.20. The summed E-state index contributed by atoms with van der Waals surface area (Å²) < 4.78 is 5.73. The number of aliphatic hydroxyl groups excluding tert-OH is 1. The van der Waals surface area contributed by atoms with Crippen LogP contribution in [0, 0.1) is 40.4 Å². The van der Waals surface area contributed by atoms with Crippen LogP contribution in [0.1, 0.15) is 83.3 Å². The van der Waals surface area contributed by atoms with Crippen LogP contribution in [0.25, 0.3) is 0 Å². The lowest BCUT2D eigenvalue weighted by Crippen LogP contribution is -2.53. The van der Waals surface area contributed by atoms with Crippen molar-refractivity contribution in [2.75, 3.05) is 0 Å². The molecule has 0 saturated heterocycles. The van der Waals surface area contributed by atoms with Crippen molar-refractivity contribution < 1.29 is 19.4 Å². The zero-order valence-electron chi connectivity index (χ0n) is 19.7. The minimum Gasteiger partial charge on any atom is -0.462 e. The van der Waals surface area contributed by atoms with Gasteiger partial charge < -0.3 is 9.84 Å². The number of carbonyl (C=O) groups excluding carboxylic acids is 2. The molecule has 0 heterocycles. The molecule has 0 amide bonds. The van der Waals surface area contributed by atoms with E-state index in [-0.39, 0.29) is 29.5 Å². The second kappa shape index (κ2) is 9.02. The molecule has 0 unspecified atom stereocenters. The van der Waals surface area contributed by atoms with Crippen LogP contribution in [-0.2, 0) is 20.9 Å². The smallest absolute Gasteiger partial charge is 0.302 e. The van der Waals surface area contributed by atoms with Crippen molar-refractivity contribution in [2.24, 2.45) is 28.6 Å². The summed E-state index contributed by atoms with van der Waals surface area (Å²) in [4.78, 5) is 24.8. The largest absolute Gasteiger partial charge is 0.462 e. The van der Waals surface area contributed by atoms with E-state index >= 15 is 0 Å². The van der Waals surface area contributed by atoms with Gasteiger partial charge in [0.2, 0.25) is 0 Å².